The molecule has 1 N–H and O–H groups in total. The van der Waals surface area contributed by atoms with Crippen molar-refractivity contribution in [3.63, 3.8) is 0 Å². The van der Waals surface area contributed by atoms with E-state index in [9.17, 15) is 14.9 Å². The second kappa shape index (κ2) is 5.45. The minimum atomic E-state index is -0.437. The minimum absolute atomic E-state index is 0.0563. The predicted molar refractivity (Wildman–Crippen MR) is 75.5 cm³/mol. The molecule has 100 valence electrons. The fraction of sp³-hybridized carbons (Fsp3) is 0.273. The van der Waals surface area contributed by atoms with Crippen molar-refractivity contribution < 1.29 is 9.72 Å². The van der Waals surface area contributed by atoms with Crippen LogP contribution in [0.4, 0.5) is 10.8 Å². The summed E-state index contributed by atoms with van der Waals surface area (Å²) in [6.45, 7) is 3.60. The van der Waals surface area contributed by atoms with E-state index in [1.807, 2.05) is 0 Å². The van der Waals surface area contributed by atoms with Crippen LogP contribution in [0.25, 0.3) is 10.6 Å². The minimum Gasteiger partial charge on any atom is -0.302 e. The molecule has 0 bridgehead atoms. The van der Waals surface area contributed by atoms with Gasteiger partial charge in [0.1, 0.15) is 0 Å². The first-order valence-electron chi connectivity index (χ1n) is 5.47. The first kappa shape index (κ1) is 13.6. The number of hydrogen-bond donors (Lipinski definition) is 1. The van der Waals surface area contributed by atoms with E-state index in [0.29, 0.717) is 15.7 Å². The Morgan fingerprint density at radius 1 is 1.42 bits per heavy atom. The highest BCUT2D eigenvalue weighted by atomic mass is 32.1. The van der Waals surface area contributed by atoms with Crippen molar-refractivity contribution in [3.8, 4) is 10.6 Å². The third kappa shape index (κ3) is 3.15. The molecule has 0 radical (unpaired) electrons. The van der Waals surface area contributed by atoms with Crippen molar-refractivity contribution >= 4 is 39.4 Å². The predicted octanol–water partition coefficient (Wildman–Crippen LogP) is 3.37. The van der Waals surface area contributed by atoms with Crippen LogP contribution in [0.2, 0.25) is 0 Å². The molecule has 0 atom stereocenters. The molecule has 0 saturated heterocycles. The van der Waals surface area contributed by atoms with Gasteiger partial charge in [0.05, 0.1) is 20.9 Å². The molecule has 0 spiro atoms. The van der Waals surface area contributed by atoms with Gasteiger partial charge in [-0.3, -0.25) is 14.9 Å². The van der Waals surface area contributed by atoms with Gasteiger partial charge < -0.3 is 5.32 Å². The van der Waals surface area contributed by atoms with Crippen LogP contribution in [-0.2, 0) is 4.79 Å². The Morgan fingerprint density at radius 3 is 2.74 bits per heavy atom. The van der Waals surface area contributed by atoms with E-state index in [1.165, 1.54) is 34.1 Å². The first-order chi connectivity index (χ1) is 8.97. The Morgan fingerprint density at radius 2 is 2.16 bits per heavy atom. The molecule has 0 unspecified atom stereocenters. The lowest BCUT2D eigenvalue weighted by Gasteiger charge is -2.02. The maximum Gasteiger partial charge on any atom is 0.280 e. The van der Waals surface area contributed by atoms with Crippen LogP contribution in [0.5, 0.6) is 0 Å². The van der Waals surface area contributed by atoms with Crippen molar-refractivity contribution in [3.05, 3.63) is 26.9 Å². The zero-order valence-corrected chi connectivity index (χ0v) is 11.9. The van der Waals surface area contributed by atoms with Gasteiger partial charge in [-0.25, -0.2) is 4.98 Å². The monoisotopic (exact) mass is 297 g/mol. The SMILES string of the molecule is CC(C)C(=O)Nc1nc(-c2cc([N+](=O)[O-])cs2)cs1. The fourth-order valence-corrected chi connectivity index (χ4v) is 2.85. The molecule has 0 aliphatic heterocycles. The van der Waals surface area contributed by atoms with Gasteiger partial charge >= 0.3 is 0 Å². The standard InChI is InChI=1S/C11H11N3O3S2/c1-6(2)10(15)13-11-12-8(5-19-11)9-3-7(4-18-9)14(16)17/h3-6H,1-2H3,(H,12,13,15). The highest BCUT2D eigenvalue weighted by molar-refractivity contribution is 7.16. The Labute approximate surface area is 117 Å². The van der Waals surface area contributed by atoms with E-state index < -0.39 is 4.92 Å². The second-order valence-corrected chi connectivity index (χ2v) is 5.88. The summed E-state index contributed by atoms with van der Waals surface area (Å²) in [5.41, 5.74) is 0.697. The molecule has 2 aromatic rings. The molecule has 2 rings (SSSR count). The summed E-state index contributed by atoms with van der Waals surface area (Å²) in [5, 5.41) is 17.1. The first-order valence-corrected chi connectivity index (χ1v) is 7.23. The number of rotatable bonds is 4. The van der Waals surface area contributed by atoms with E-state index in [1.54, 1.807) is 19.2 Å². The summed E-state index contributed by atoms with van der Waals surface area (Å²) in [6.07, 6.45) is 0. The summed E-state index contributed by atoms with van der Waals surface area (Å²) in [4.78, 5) is 26.7. The van der Waals surface area contributed by atoms with Crippen molar-refractivity contribution in [2.24, 2.45) is 5.92 Å². The third-order valence-electron chi connectivity index (χ3n) is 2.31. The number of hydrogen-bond acceptors (Lipinski definition) is 6. The van der Waals surface area contributed by atoms with Gasteiger partial charge in [0.15, 0.2) is 5.13 Å². The number of amides is 1. The summed E-state index contributed by atoms with van der Waals surface area (Å²) < 4.78 is 0. The van der Waals surface area contributed by atoms with Gasteiger partial charge in [-0.1, -0.05) is 13.8 Å². The quantitative estimate of drug-likeness (QED) is 0.692. The average Bonchev–Trinajstić information content (AvgIpc) is 2.95. The lowest BCUT2D eigenvalue weighted by Crippen LogP contribution is -2.17. The van der Waals surface area contributed by atoms with Crippen molar-refractivity contribution in [1.29, 1.82) is 0 Å². The van der Waals surface area contributed by atoms with Crippen LogP contribution in [-0.4, -0.2) is 15.8 Å². The van der Waals surface area contributed by atoms with E-state index in [4.69, 9.17) is 0 Å². The van der Waals surface area contributed by atoms with Gasteiger partial charge in [0, 0.05) is 17.4 Å². The molecule has 0 fully saturated rings. The highest BCUT2D eigenvalue weighted by Crippen LogP contribution is 2.32. The second-order valence-electron chi connectivity index (χ2n) is 4.11. The number of anilines is 1. The molecular formula is C11H11N3O3S2. The largest absolute Gasteiger partial charge is 0.302 e. The molecule has 0 aliphatic rings. The number of nitrogens with zero attached hydrogens (tertiary/aromatic N) is 2. The van der Waals surface area contributed by atoms with Crippen molar-refractivity contribution in [2.45, 2.75) is 13.8 Å². The third-order valence-corrected chi connectivity index (χ3v) is 4.01. The van der Waals surface area contributed by atoms with Gasteiger partial charge in [0.2, 0.25) is 5.91 Å². The van der Waals surface area contributed by atoms with Gasteiger partial charge in [-0.05, 0) is 0 Å². The number of carbonyl (C=O) groups excluding carboxylic acids is 1. The van der Waals surface area contributed by atoms with Crippen LogP contribution in [0, 0.1) is 16.0 Å². The summed E-state index contributed by atoms with van der Waals surface area (Å²) >= 11 is 2.56. The van der Waals surface area contributed by atoms with Gasteiger partial charge in [-0.2, -0.15) is 0 Å². The Balaban J connectivity index is 2.16. The molecule has 8 heteroatoms. The molecule has 2 heterocycles. The van der Waals surface area contributed by atoms with Crippen LogP contribution in [0.3, 0.4) is 0 Å². The Hall–Kier alpha value is -1.80. The number of nitrogens with one attached hydrogen (secondary N) is 1. The van der Waals surface area contributed by atoms with Crippen LogP contribution in [0.15, 0.2) is 16.8 Å². The maximum atomic E-state index is 11.5. The number of thiophene rings is 1. The summed E-state index contributed by atoms with van der Waals surface area (Å²) in [7, 11) is 0. The molecule has 0 aromatic carbocycles. The zero-order chi connectivity index (χ0) is 14.0. The fourth-order valence-electron chi connectivity index (χ4n) is 1.25. The molecule has 2 aromatic heterocycles. The molecule has 0 saturated carbocycles. The van der Waals surface area contributed by atoms with Crippen LogP contribution >= 0.6 is 22.7 Å². The van der Waals surface area contributed by atoms with E-state index in [2.05, 4.69) is 10.3 Å². The topological polar surface area (TPSA) is 85.1 Å². The van der Waals surface area contributed by atoms with Gasteiger partial charge in [-0.15, -0.1) is 22.7 Å². The highest BCUT2D eigenvalue weighted by Gasteiger charge is 2.14. The van der Waals surface area contributed by atoms with Crippen molar-refractivity contribution in [1.82, 2.24) is 4.98 Å². The summed E-state index contributed by atoms with van der Waals surface area (Å²) in [6, 6.07) is 1.48. The van der Waals surface area contributed by atoms with Gasteiger partial charge in [0.25, 0.3) is 5.69 Å². The maximum absolute atomic E-state index is 11.5. The van der Waals surface area contributed by atoms with E-state index in [-0.39, 0.29) is 17.5 Å². The van der Waals surface area contributed by atoms with Crippen LogP contribution < -0.4 is 5.32 Å². The Kier molecular flexibility index (Phi) is 3.91. The normalized spacial score (nSPS) is 10.7. The number of thiazole rings is 1. The Bertz CT molecular complexity index is 618. The van der Waals surface area contributed by atoms with Crippen molar-refractivity contribution in [2.75, 3.05) is 5.32 Å². The van der Waals surface area contributed by atoms with E-state index in [0.717, 1.165) is 0 Å². The molecule has 0 aliphatic carbocycles. The molecule has 6 nitrogen and oxygen atoms in total. The lowest BCUT2D eigenvalue weighted by molar-refractivity contribution is -0.384. The number of carbonyl (C=O) groups is 1. The smallest absolute Gasteiger partial charge is 0.280 e. The lowest BCUT2D eigenvalue weighted by atomic mass is 10.2. The molecule has 19 heavy (non-hydrogen) atoms. The molecule has 1 amide bonds. The average molecular weight is 297 g/mol. The van der Waals surface area contributed by atoms with E-state index >= 15 is 0 Å². The molecular weight excluding hydrogens is 286 g/mol. The summed E-state index contributed by atoms with van der Waals surface area (Å²) in [5.74, 6) is -0.215. The number of aromatic nitrogens is 1. The van der Waals surface area contributed by atoms with Crippen LogP contribution in [0.1, 0.15) is 13.8 Å². The number of nitro groups is 1. The zero-order valence-electron chi connectivity index (χ0n) is 10.2.